The molecule has 1 aromatic rings. The minimum absolute atomic E-state index is 0.247. The lowest BCUT2D eigenvalue weighted by Gasteiger charge is -2.27. The van der Waals surface area contributed by atoms with Gasteiger partial charge >= 0.3 is 0 Å². The number of aliphatic hydroxyl groups is 1. The van der Waals surface area contributed by atoms with Crippen LogP contribution in [0.4, 0.5) is 4.39 Å². The Labute approximate surface area is 99.3 Å². The van der Waals surface area contributed by atoms with Gasteiger partial charge in [0.15, 0.2) is 6.17 Å². The molecule has 2 unspecified atom stereocenters. The van der Waals surface area contributed by atoms with Crippen LogP contribution in [0.1, 0.15) is 12.0 Å². The molecule has 1 N–H and O–H groups in total. The van der Waals surface area contributed by atoms with Crippen molar-refractivity contribution in [2.45, 2.75) is 18.2 Å². The molecule has 0 amide bonds. The topological polar surface area (TPSA) is 44.0 Å². The maximum absolute atomic E-state index is 13.8. The number of hydrogen-bond acceptors (Lipinski definition) is 2. The van der Waals surface area contributed by atoms with Gasteiger partial charge in [0, 0.05) is 0 Å². The molecule has 2 rings (SSSR count). The van der Waals surface area contributed by atoms with Gasteiger partial charge in [0.1, 0.15) is 5.60 Å². The van der Waals surface area contributed by atoms with Crippen LogP contribution < -0.4 is 0 Å². The lowest BCUT2D eigenvalue weighted by molar-refractivity contribution is 0.0317. The van der Waals surface area contributed by atoms with Crippen molar-refractivity contribution < 1.29 is 9.50 Å². The molecular weight excluding hydrogens is 217 g/mol. The van der Waals surface area contributed by atoms with Crippen LogP contribution in [0, 0.1) is 11.3 Å². The Balaban J connectivity index is 2.28. The summed E-state index contributed by atoms with van der Waals surface area (Å²) in [6.45, 7) is 0. The first-order valence-corrected chi connectivity index (χ1v) is 5.35. The number of alkyl halides is 1. The predicted molar refractivity (Wildman–Crippen MR) is 63.6 cm³/mol. The smallest absolute Gasteiger partial charge is 0.152 e. The summed E-state index contributed by atoms with van der Waals surface area (Å²) in [6, 6.07) is 11.2. The van der Waals surface area contributed by atoms with Gasteiger partial charge in [-0.15, -0.1) is 0 Å². The van der Waals surface area contributed by atoms with E-state index in [9.17, 15) is 9.50 Å². The van der Waals surface area contributed by atoms with Crippen molar-refractivity contribution in [1.29, 1.82) is 5.26 Å². The molecular formula is C14H12FNO. The fourth-order valence-electron chi connectivity index (χ4n) is 1.79. The molecule has 1 aromatic carbocycles. The standard InChI is InChI=1S/C14H12FNO/c15-13-10-12(11-4-2-1-3-5-11)6-7-14(13,17)8-9-16/h1-7,10,13,17H,8H2. The number of allylic oxidation sites excluding steroid dienone is 2. The first-order valence-electron chi connectivity index (χ1n) is 5.35. The largest absolute Gasteiger partial charge is 0.381 e. The number of hydrogen-bond donors (Lipinski definition) is 1. The Hall–Kier alpha value is -1.92. The summed E-state index contributed by atoms with van der Waals surface area (Å²) in [5.41, 5.74) is -0.0707. The van der Waals surface area contributed by atoms with E-state index >= 15 is 0 Å². The van der Waals surface area contributed by atoms with Gasteiger partial charge in [0.05, 0.1) is 12.5 Å². The molecule has 1 aliphatic rings. The minimum atomic E-state index is -1.69. The maximum atomic E-state index is 13.8. The van der Waals surface area contributed by atoms with E-state index in [-0.39, 0.29) is 6.42 Å². The van der Waals surface area contributed by atoms with E-state index in [1.807, 2.05) is 30.3 Å². The van der Waals surface area contributed by atoms with Crippen LogP contribution in [0.2, 0.25) is 0 Å². The highest BCUT2D eigenvalue weighted by Crippen LogP contribution is 2.30. The second kappa shape index (κ2) is 4.52. The van der Waals surface area contributed by atoms with E-state index < -0.39 is 11.8 Å². The van der Waals surface area contributed by atoms with Crippen LogP contribution in [-0.4, -0.2) is 16.9 Å². The van der Waals surface area contributed by atoms with E-state index in [2.05, 4.69) is 0 Å². The van der Waals surface area contributed by atoms with Crippen molar-refractivity contribution >= 4 is 5.57 Å². The van der Waals surface area contributed by atoms with Gasteiger partial charge in [-0.05, 0) is 23.3 Å². The third kappa shape index (κ3) is 2.27. The van der Waals surface area contributed by atoms with Gasteiger partial charge in [0.25, 0.3) is 0 Å². The average molecular weight is 229 g/mol. The lowest BCUT2D eigenvalue weighted by atomic mass is 9.86. The Morgan fingerprint density at radius 1 is 1.35 bits per heavy atom. The molecule has 0 aliphatic heterocycles. The van der Waals surface area contributed by atoms with Crippen molar-refractivity contribution in [3.8, 4) is 6.07 Å². The number of rotatable bonds is 2. The summed E-state index contributed by atoms with van der Waals surface area (Å²) < 4.78 is 13.8. The fourth-order valence-corrected chi connectivity index (χ4v) is 1.79. The van der Waals surface area contributed by atoms with Gasteiger partial charge in [-0.3, -0.25) is 0 Å². The molecule has 0 saturated heterocycles. The Morgan fingerprint density at radius 2 is 2.06 bits per heavy atom. The molecule has 2 nitrogen and oxygen atoms in total. The molecule has 0 bridgehead atoms. The van der Waals surface area contributed by atoms with Gasteiger partial charge in [-0.1, -0.05) is 36.4 Å². The maximum Gasteiger partial charge on any atom is 0.152 e. The van der Waals surface area contributed by atoms with E-state index in [1.165, 1.54) is 12.2 Å². The fraction of sp³-hybridized carbons (Fsp3) is 0.214. The molecule has 0 saturated carbocycles. The summed E-state index contributed by atoms with van der Waals surface area (Å²) in [7, 11) is 0. The minimum Gasteiger partial charge on any atom is -0.381 e. The van der Waals surface area contributed by atoms with Crippen LogP contribution in [-0.2, 0) is 0 Å². The van der Waals surface area contributed by atoms with Crippen LogP contribution >= 0.6 is 0 Å². The molecule has 0 aromatic heterocycles. The van der Waals surface area contributed by atoms with Crippen LogP contribution in [0.25, 0.3) is 5.57 Å². The molecule has 17 heavy (non-hydrogen) atoms. The van der Waals surface area contributed by atoms with Crippen molar-refractivity contribution in [3.05, 3.63) is 54.1 Å². The first-order chi connectivity index (χ1) is 8.15. The highest BCUT2D eigenvalue weighted by Gasteiger charge is 2.35. The molecule has 3 heteroatoms. The monoisotopic (exact) mass is 229 g/mol. The second-order valence-electron chi connectivity index (χ2n) is 4.05. The number of benzene rings is 1. The van der Waals surface area contributed by atoms with E-state index in [0.717, 1.165) is 11.1 Å². The third-order valence-electron chi connectivity index (χ3n) is 2.82. The van der Waals surface area contributed by atoms with Gasteiger partial charge < -0.3 is 5.11 Å². The summed E-state index contributed by atoms with van der Waals surface area (Å²) in [5, 5.41) is 18.4. The quantitative estimate of drug-likeness (QED) is 0.847. The average Bonchev–Trinajstić information content (AvgIpc) is 2.34. The Morgan fingerprint density at radius 3 is 2.65 bits per heavy atom. The van der Waals surface area contributed by atoms with E-state index in [1.54, 1.807) is 12.1 Å². The van der Waals surface area contributed by atoms with Crippen molar-refractivity contribution in [1.82, 2.24) is 0 Å². The highest BCUT2D eigenvalue weighted by atomic mass is 19.1. The SMILES string of the molecule is N#CCC1(O)C=CC(c2ccccc2)=CC1F. The van der Waals surface area contributed by atoms with Crippen molar-refractivity contribution in [3.63, 3.8) is 0 Å². The van der Waals surface area contributed by atoms with E-state index in [0.29, 0.717) is 0 Å². The molecule has 0 spiro atoms. The zero-order valence-electron chi connectivity index (χ0n) is 9.18. The number of nitrogens with zero attached hydrogens (tertiary/aromatic N) is 1. The number of nitriles is 1. The summed E-state index contributed by atoms with van der Waals surface area (Å²) in [4.78, 5) is 0. The molecule has 0 heterocycles. The second-order valence-corrected chi connectivity index (χ2v) is 4.05. The van der Waals surface area contributed by atoms with Crippen molar-refractivity contribution in [2.75, 3.05) is 0 Å². The number of halogens is 1. The van der Waals surface area contributed by atoms with Gasteiger partial charge in [-0.2, -0.15) is 5.26 Å². The first kappa shape index (κ1) is 11.6. The van der Waals surface area contributed by atoms with Crippen LogP contribution in [0.15, 0.2) is 48.6 Å². The van der Waals surface area contributed by atoms with Gasteiger partial charge in [0.2, 0.25) is 0 Å². The third-order valence-corrected chi connectivity index (χ3v) is 2.82. The predicted octanol–water partition coefficient (Wildman–Crippen LogP) is 2.62. The van der Waals surface area contributed by atoms with Crippen molar-refractivity contribution in [2.24, 2.45) is 0 Å². The zero-order chi connectivity index (χ0) is 12.3. The zero-order valence-corrected chi connectivity index (χ0v) is 9.18. The summed E-state index contributed by atoms with van der Waals surface area (Å²) in [5.74, 6) is 0. The van der Waals surface area contributed by atoms with E-state index in [4.69, 9.17) is 5.26 Å². The normalized spacial score (nSPS) is 27.4. The van der Waals surface area contributed by atoms with Gasteiger partial charge in [-0.25, -0.2) is 4.39 Å². The molecule has 1 aliphatic carbocycles. The summed E-state index contributed by atoms with van der Waals surface area (Å²) >= 11 is 0. The lowest BCUT2D eigenvalue weighted by Crippen LogP contribution is -2.37. The highest BCUT2D eigenvalue weighted by molar-refractivity contribution is 5.76. The Bertz CT molecular complexity index is 501. The van der Waals surface area contributed by atoms with Crippen LogP contribution in [0.3, 0.4) is 0 Å². The molecule has 0 radical (unpaired) electrons. The summed E-state index contributed by atoms with van der Waals surface area (Å²) in [6.07, 6.45) is 2.57. The Kier molecular flexibility index (Phi) is 3.08. The molecule has 2 atom stereocenters. The molecule has 86 valence electrons. The molecule has 0 fully saturated rings. The van der Waals surface area contributed by atoms with Crippen LogP contribution in [0.5, 0.6) is 0 Å².